The lowest BCUT2D eigenvalue weighted by Crippen LogP contribution is -2.21. The maximum Gasteiger partial charge on any atom is 0.0524 e. The Balaban J connectivity index is 1.98. The van der Waals surface area contributed by atoms with E-state index in [1.807, 2.05) is 24.8 Å². The molecule has 0 amide bonds. The van der Waals surface area contributed by atoms with Gasteiger partial charge in [-0.3, -0.25) is 0 Å². The largest absolute Gasteiger partial charge is 0.393 e. The van der Waals surface area contributed by atoms with E-state index < -0.39 is 0 Å². The minimum atomic E-state index is -0.195. The fourth-order valence-corrected chi connectivity index (χ4v) is 2.03. The van der Waals surface area contributed by atoms with Crippen LogP contribution in [0.15, 0.2) is 35.2 Å². The van der Waals surface area contributed by atoms with E-state index >= 15 is 0 Å². The molecule has 0 bridgehead atoms. The predicted octanol–water partition coefficient (Wildman–Crippen LogP) is 2.14. The summed E-state index contributed by atoms with van der Waals surface area (Å²) < 4.78 is 0. The lowest BCUT2D eigenvalue weighted by atomic mass is 10.3. The molecule has 2 nitrogen and oxygen atoms in total. The summed E-state index contributed by atoms with van der Waals surface area (Å²) in [5.41, 5.74) is 0. The van der Waals surface area contributed by atoms with Crippen molar-refractivity contribution in [2.45, 2.75) is 24.3 Å². The molecule has 3 heteroatoms. The van der Waals surface area contributed by atoms with E-state index in [1.165, 1.54) is 4.90 Å². The van der Waals surface area contributed by atoms with Crippen LogP contribution in [0.3, 0.4) is 0 Å². The van der Waals surface area contributed by atoms with Gasteiger partial charge in [0, 0.05) is 17.2 Å². The average Bonchev–Trinajstić information content (AvgIpc) is 2.24. The molecule has 0 spiro atoms. The van der Waals surface area contributed by atoms with Crippen molar-refractivity contribution in [3.05, 3.63) is 30.3 Å². The predicted molar refractivity (Wildman–Crippen MR) is 66.3 cm³/mol. The molecule has 84 valence electrons. The van der Waals surface area contributed by atoms with E-state index in [9.17, 15) is 0 Å². The Morgan fingerprint density at radius 3 is 2.67 bits per heavy atom. The number of rotatable bonds is 7. The molecule has 2 N–H and O–H groups in total. The van der Waals surface area contributed by atoms with Crippen LogP contribution < -0.4 is 5.32 Å². The fourth-order valence-electron chi connectivity index (χ4n) is 1.19. The SMILES string of the molecule is CC(O)CCNCCSc1ccccc1. The standard InChI is InChI=1S/C12H19NOS/c1-11(14)7-8-13-9-10-15-12-5-3-2-4-6-12/h2-6,11,13-14H,7-10H2,1H3. The van der Waals surface area contributed by atoms with Crippen molar-refractivity contribution in [2.75, 3.05) is 18.8 Å². The van der Waals surface area contributed by atoms with E-state index in [1.54, 1.807) is 0 Å². The van der Waals surface area contributed by atoms with Gasteiger partial charge in [0.2, 0.25) is 0 Å². The third kappa shape index (κ3) is 6.55. The lowest BCUT2D eigenvalue weighted by Gasteiger charge is -2.06. The lowest BCUT2D eigenvalue weighted by molar-refractivity contribution is 0.184. The molecule has 0 aliphatic rings. The zero-order chi connectivity index (χ0) is 10.9. The van der Waals surface area contributed by atoms with Crippen LogP contribution in [0.1, 0.15) is 13.3 Å². The first-order valence-electron chi connectivity index (χ1n) is 5.35. The van der Waals surface area contributed by atoms with Crippen molar-refractivity contribution >= 4 is 11.8 Å². The normalized spacial score (nSPS) is 12.7. The van der Waals surface area contributed by atoms with Gasteiger partial charge in [-0.05, 0) is 32.0 Å². The first kappa shape index (κ1) is 12.6. The van der Waals surface area contributed by atoms with Crippen LogP contribution in [0, 0.1) is 0 Å². The fraction of sp³-hybridized carbons (Fsp3) is 0.500. The van der Waals surface area contributed by atoms with Crippen LogP contribution in [-0.2, 0) is 0 Å². The highest BCUT2D eigenvalue weighted by atomic mass is 32.2. The molecular weight excluding hydrogens is 206 g/mol. The third-order valence-corrected chi connectivity index (χ3v) is 3.04. The zero-order valence-electron chi connectivity index (χ0n) is 9.15. The molecule has 15 heavy (non-hydrogen) atoms. The smallest absolute Gasteiger partial charge is 0.0524 e. The van der Waals surface area contributed by atoms with Crippen molar-refractivity contribution in [1.29, 1.82) is 0 Å². The summed E-state index contributed by atoms with van der Waals surface area (Å²) in [6.07, 6.45) is 0.634. The van der Waals surface area contributed by atoms with Crippen molar-refractivity contribution in [2.24, 2.45) is 0 Å². The summed E-state index contributed by atoms with van der Waals surface area (Å²) in [7, 11) is 0. The molecule has 1 atom stereocenters. The van der Waals surface area contributed by atoms with Gasteiger partial charge < -0.3 is 10.4 Å². The summed E-state index contributed by atoms with van der Waals surface area (Å²) in [5.74, 6) is 1.07. The molecule has 0 fully saturated rings. The Labute approximate surface area is 96.1 Å². The number of thioether (sulfide) groups is 1. The molecule has 0 aliphatic heterocycles. The Morgan fingerprint density at radius 2 is 2.00 bits per heavy atom. The molecule has 0 saturated heterocycles. The summed E-state index contributed by atoms with van der Waals surface area (Å²) in [5, 5.41) is 12.3. The van der Waals surface area contributed by atoms with Crippen molar-refractivity contribution in [3.8, 4) is 0 Å². The Hall–Kier alpha value is -0.510. The Bertz CT molecular complexity index is 251. The van der Waals surface area contributed by atoms with Gasteiger partial charge in [0.05, 0.1) is 6.10 Å². The number of nitrogens with one attached hydrogen (secondary N) is 1. The minimum absolute atomic E-state index is 0.195. The molecule has 0 saturated carbocycles. The van der Waals surface area contributed by atoms with Gasteiger partial charge in [-0.15, -0.1) is 11.8 Å². The van der Waals surface area contributed by atoms with Crippen LogP contribution in [0.2, 0.25) is 0 Å². The molecule has 0 aromatic heterocycles. The molecular formula is C12H19NOS. The number of benzene rings is 1. The van der Waals surface area contributed by atoms with Crippen LogP contribution in [0.5, 0.6) is 0 Å². The van der Waals surface area contributed by atoms with E-state index in [0.29, 0.717) is 0 Å². The quantitative estimate of drug-likeness (QED) is 0.551. The van der Waals surface area contributed by atoms with Crippen LogP contribution >= 0.6 is 11.8 Å². The van der Waals surface area contributed by atoms with E-state index in [-0.39, 0.29) is 6.10 Å². The van der Waals surface area contributed by atoms with Gasteiger partial charge in [-0.25, -0.2) is 0 Å². The molecule has 0 heterocycles. The molecule has 0 radical (unpaired) electrons. The second kappa shape index (κ2) is 7.74. The first-order chi connectivity index (χ1) is 7.29. The molecule has 1 rings (SSSR count). The van der Waals surface area contributed by atoms with Crippen molar-refractivity contribution in [1.82, 2.24) is 5.32 Å². The highest BCUT2D eigenvalue weighted by Crippen LogP contribution is 2.15. The van der Waals surface area contributed by atoms with Gasteiger partial charge in [0.25, 0.3) is 0 Å². The minimum Gasteiger partial charge on any atom is -0.393 e. The van der Waals surface area contributed by atoms with Crippen LogP contribution in [0.25, 0.3) is 0 Å². The maximum atomic E-state index is 9.04. The van der Waals surface area contributed by atoms with Gasteiger partial charge in [0.1, 0.15) is 0 Å². The van der Waals surface area contributed by atoms with Crippen LogP contribution in [-0.4, -0.2) is 30.1 Å². The molecule has 1 unspecified atom stereocenters. The summed E-state index contributed by atoms with van der Waals surface area (Å²) >= 11 is 1.85. The number of hydrogen-bond acceptors (Lipinski definition) is 3. The average molecular weight is 225 g/mol. The number of hydrogen-bond donors (Lipinski definition) is 2. The summed E-state index contributed by atoms with van der Waals surface area (Å²) in [6.45, 7) is 3.71. The molecule has 1 aromatic carbocycles. The first-order valence-corrected chi connectivity index (χ1v) is 6.34. The third-order valence-electron chi connectivity index (χ3n) is 2.03. The van der Waals surface area contributed by atoms with Gasteiger partial charge in [-0.1, -0.05) is 18.2 Å². The van der Waals surface area contributed by atoms with Crippen molar-refractivity contribution in [3.63, 3.8) is 0 Å². The topological polar surface area (TPSA) is 32.3 Å². The van der Waals surface area contributed by atoms with Gasteiger partial charge in [0.15, 0.2) is 0 Å². The number of aliphatic hydroxyl groups is 1. The van der Waals surface area contributed by atoms with Crippen molar-refractivity contribution < 1.29 is 5.11 Å². The van der Waals surface area contributed by atoms with Gasteiger partial charge in [-0.2, -0.15) is 0 Å². The van der Waals surface area contributed by atoms with Gasteiger partial charge >= 0.3 is 0 Å². The molecule has 0 aliphatic carbocycles. The second-order valence-corrected chi connectivity index (χ2v) is 4.72. The number of aliphatic hydroxyl groups excluding tert-OH is 1. The zero-order valence-corrected chi connectivity index (χ0v) is 9.96. The summed E-state index contributed by atoms with van der Waals surface area (Å²) in [4.78, 5) is 1.31. The van der Waals surface area contributed by atoms with E-state index in [2.05, 4.69) is 29.6 Å². The maximum absolute atomic E-state index is 9.04. The van der Waals surface area contributed by atoms with E-state index in [0.717, 1.165) is 25.3 Å². The van der Waals surface area contributed by atoms with Crippen LogP contribution in [0.4, 0.5) is 0 Å². The second-order valence-electron chi connectivity index (χ2n) is 3.55. The summed E-state index contributed by atoms with van der Waals surface area (Å²) in [6, 6.07) is 10.4. The monoisotopic (exact) mass is 225 g/mol. The molecule has 1 aromatic rings. The Kier molecular flexibility index (Phi) is 6.48. The van der Waals surface area contributed by atoms with E-state index in [4.69, 9.17) is 5.11 Å². The highest BCUT2D eigenvalue weighted by Gasteiger charge is 1.95. The highest BCUT2D eigenvalue weighted by molar-refractivity contribution is 7.99. The Morgan fingerprint density at radius 1 is 1.27 bits per heavy atom.